The van der Waals surface area contributed by atoms with Crippen molar-refractivity contribution in [2.45, 2.75) is 12.3 Å². The van der Waals surface area contributed by atoms with Gasteiger partial charge in [-0.05, 0) is 40.3 Å². The smallest absolute Gasteiger partial charge is 0.407 e. The lowest BCUT2D eigenvalue weighted by molar-refractivity contribution is -0.136. The van der Waals surface area contributed by atoms with E-state index in [0.29, 0.717) is 5.69 Å². The number of nitrogens with zero attached hydrogens (tertiary/aromatic N) is 1. The number of carboxylic acid groups (broad SMARTS) is 1. The molecule has 0 radical (unpaired) electrons. The second kappa shape index (κ2) is 11.0. The fourth-order valence-electron chi connectivity index (χ4n) is 4.12. The minimum absolute atomic E-state index is 0.00727. The van der Waals surface area contributed by atoms with Crippen LogP contribution in [-0.4, -0.2) is 42.8 Å². The molecule has 3 aromatic carbocycles. The molecule has 1 aliphatic rings. The molecule has 176 valence electrons. The summed E-state index contributed by atoms with van der Waals surface area (Å²) < 4.78 is 5.45. The number of alkyl carbamates (subject to hydrolysis) is 1. The van der Waals surface area contributed by atoms with Gasteiger partial charge in [-0.1, -0.05) is 72.7 Å². The Morgan fingerprint density at radius 1 is 0.886 bits per heavy atom. The number of carbonyl (C=O) groups excluding carboxylic acids is 2. The third-order valence-corrected chi connectivity index (χ3v) is 5.72. The predicted molar refractivity (Wildman–Crippen MR) is 132 cm³/mol. The Morgan fingerprint density at radius 3 is 2.11 bits per heavy atom. The maximum Gasteiger partial charge on any atom is 0.407 e. The number of fused-ring (bicyclic) bond motifs is 3. The van der Waals surface area contributed by atoms with Gasteiger partial charge >= 0.3 is 18.0 Å². The summed E-state index contributed by atoms with van der Waals surface area (Å²) in [4.78, 5) is 37.0. The van der Waals surface area contributed by atoms with Gasteiger partial charge in [-0.3, -0.25) is 9.59 Å². The number of rotatable bonds is 7. The molecular formula is C28H24N2O5. The molecule has 0 heterocycles. The Balaban J connectivity index is 1.32. The number of anilines is 1. The molecule has 7 nitrogen and oxygen atoms in total. The minimum atomic E-state index is -1.01. The monoisotopic (exact) mass is 468 g/mol. The van der Waals surface area contributed by atoms with Crippen molar-refractivity contribution in [3.8, 4) is 23.0 Å². The lowest BCUT2D eigenvalue weighted by Gasteiger charge is -2.19. The topological polar surface area (TPSA) is 95.9 Å². The molecule has 1 aliphatic carbocycles. The van der Waals surface area contributed by atoms with Gasteiger partial charge < -0.3 is 20.1 Å². The van der Waals surface area contributed by atoms with E-state index in [-0.39, 0.29) is 32.0 Å². The van der Waals surface area contributed by atoms with E-state index in [1.807, 2.05) is 36.4 Å². The van der Waals surface area contributed by atoms with Crippen molar-refractivity contribution in [3.05, 3.63) is 90.0 Å². The molecule has 0 saturated carbocycles. The number of ether oxygens (including phenoxy) is 1. The van der Waals surface area contributed by atoms with Crippen molar-refractivity contribution in [2.24, 2.45) is 0 Å². The number of carbonyl (C=O) groups is 3. The van der Waals surface area contributed by atoms with Crippen LogP contribution in [0.15, 0.2) is 78.9 Å². The number of benzene rings is 3. The molecule has 35 heavy (non-hydrogen) atoms. The van der Waals surface area contributed by atoms with Crippen molar-refractivity contribution in [2.75, 3.05) is 24.6 Å². The maximum atomic E-state index is 12.5. The van der Waals surface area contributed by atoms with Crippen molar-refractivity contribution < 1.29 is 24.2 Å². The number of carboxylic acids is 1. The molecule has 0 aromatic heterocycles. The summed E-state index contributed by atoms with van der Waals surface area (Å²) in [5, 5.41) is 11.5. The van der Waals surface area contributed by atoms with E-state index in [4.69, 9.17) is 9.84 Å². The normalized spacial score (nSPS) is 11.4. The summed E-state index contributed by atoms with van der Waals surface area (Å²) in [6.07, 6.45) is -0.834. The number of para-hydroxylation sites is 1. The number of amides is 2. The van der Waals surface area contributed by atoms with E-state index < -0.39 is 18.0 Å². The molecule has 4 rings (SSSR count). The van der Waals surface area contributed by atoms with Crippen LogP contribution in [0.3, 0.4) is 0 Å². The number of nitrogens with one attached hydrogen (secondary N) is 1. The second-order valence-corrected chi connectivity index (χ2v) is 7.92. The summed E-state index contributed by atoms with van der Waals surface area (Å²) in [5.41, 5.74) is 5.08. The number of aliphatic carboxylic acids is 1. The summed E-state index contributed by atoms with van der Waals surface area (Å²) in [6, 6.07) is 24.9. The first-order valence-corrected chi connectivity index (χ1v) is 11.2. The van der Waals surface area contributed by atoms with Crippen molar-refractivity contribution in [3.63, 3.8) is 0 Å². The summed E-state index contributed by atoms with van der Waals surface area (Å²) in [7, 11) is 0. The highest BCUT2D eigenvalue weighted by molar-refractivity contribution is 6.06. The van der Waals surface area contributed by atoms with Crippen LogP contribution in [0.4, 0.5) is 10.5 Å². The average Bonchev–Trinajstić information content (AvgIpc) is 3.19. The van der Waals surface area contributed by atoms with Crippen LogP contribution >= 0.6 is 0 Å². The molecule has 0 spiro atoms. The third-order valence-electron chi connectivity index (χ3n) is 5.72. The fourth-order valence-corrected chi connectivity index (χ4v) is 4.12. The largest absolute Gasteiger partial charge is 0.481 e. The molecule has 2 N–H and O–H groups in total. The number of hydrogen-bond donors (Lipinski definition) is 2. The molecular weight excluding hydrogens is 444 g/mol. The average molecular weight is 469 g/mol. The third kappa shape index (κ3) is 5.68. The van der Waals surface area contributed by atoms with E-state index in [1.165, 1.54) is 4.90 Å². The van der Waals surface area contributed by atoms with E-state index in [0.717, 1.165) is 22.3 Å². The first-order chi connectivity index (χ1) is 17.0. The van der Waals surface area contributed by atoms with Gasteiger partial charge in [0.1, 0.15) is 6.61 Å². The van der Waals surface area contributed by atoms with E-state index in [9.17, 15) is 14.4 Å². The van der Waals surface area contributed by atoms with Gasteiger partial charge in [0.15, 0.2) is 0 Å². The first kappa shape index (κ1) is 23.6. The standard InChI is InChI=1S/C28H24N2O5/c31-26(30(18-16-27(32)33)20-9-2-1-3-10-20)15-8-17-29-28(34)35-19-25-23-13-6-4-11-21(23)22-12-5-7-14-24(22)25/h1-7,9-14,25H,16-19H2,(H,29,34)(H,32,33). The molecule has 3 aromatic rings. The van der Waals surface area contributed by atoms with Crippen LogP contribution in [0.5, 0.6) is 0 Å². The SMILES string of the molecule is O=C(O)CCN(C(=O)C#CCNC(=O)OCC1c2ccccc2-c2ccccc21)c1ccccc1. The van der Waals surface area contributed by atoms with E-state index >= 15 is 0 Å². The summed E-state index contributed by atoms with van der Waals surface area (Å²) in [5.74, 6) is 3.46. The van der Waals surface area contributed by atoms with Crippen LogP contribution in [0.2, 0.25) is 0 Å². The Bertz CT molecular complexity index is 1250. The quantitative estimate of drug-likeness (QED) is 0.511. The van der Waals surface area contributed by atoms with Crippen LogP contribution in [0.1, 0.15) is 23.5 Å². The van der Waals surface area contributed by atoms with Crippen LogP contribution in [0, 0.1) is 11.8 Å². The molecule has 0 aliphatic heterocycles. The zero-order chi connectivity index (χ0) is 24.6. The highest BCUT2D eigenvalue weighted by Crippen LogP contribution is 2.44. The lowest BCUT2D eigenvalue weighted by Crippen LogP contribution is -2.32. The van der Waals surface area contributed by atoms with Gasteiger partial charge in [0.05, 0.1) is 13.0 Å². The van der Waals surface area contributed by atoms with Crippen molar-refractivity contribution >= 4 is 23.7 Å². The highest BCUT2D eigenvalue weighted by atomic mass is 16.5. The highest BCUT2D eigenvalue weighted by Gasteiger charge is 2.28. The molecule has 0 saturated heterocycles. The number of hydrogen-bond acceptors (Lipinski definition) is 4. The van der Waals surface area contributed by atoms with E-state index in [1.54, 1.807) is 30.3 Å². The molecule has 2 amide bonds. The van der Waals surface area contributed by atoms with Crippen molar-refractivity contribution in [1.29, 1.82) is 0 Å². The molecule has 0 atom stereocenters. The maximum absolute atomic E-state index is 12.5. The van der Waals surface area contributed by atoms with Crippen LogP contribution < -0.4 is 10.2 Å². The Morgan fingerprint density at radius 2 is 1.49 bits per heavy atom. The summed E-state index contributed by atoms with van der Waals surface area (Å²) >= 11 is 0. The Labute approximate surface area is 203 Å². The van der Waals surface area contributed by atoms with Crippen LogP contribution in [-0.2, 0) is 14.3 Å². The second-order valence-electron chi connectivity index (χ2n) is 7.92. The van der Waals surface area contributed by atoms with Crippen molar-refractivity contribution in [1.82, 2.24) is 5.32 Å². The summed E-state index contributed by atoms with van der Waals surface area (Å²) in [6.45, 7) is 0.0971. The molecule has 0 unspecified atom stereocenters. The zero-order valence-corrected chi connectivity index (χ0v) is 18.9. The van der Waals surface area contributed by atoms with E-state index in [2.05, 4.69) is 29.3 Å². The zero-order valence-electron chi connectivity index (χ0n) is 18.9. The van der Waals surface area contributed by atoms with Gasteiger partial charge in [-0.25, -0.2) is 4.79 Å². The lowest BCUT2D eigenvalue weighted by atomic mass is 9.98. The van der Waals surface area contributed by atoms with Crippen LogP contribution in [0.25, 0.3) is 11.1 Å². The van der Waals surface area contributed by atoms with Gasteiger partial charge in [-0.2, -0.15) is 0 Å². The minimum Gasteiger partial charge on any atom is -0.481 e. The van der Waals surface area contributed by atoms with Gasteiger partial charge in [-0.15, -0.1) is 0 Å². The molecule has 0 bridgehead atoms. The molecule has 7 heteroatoms. The Hall–Kier alpha value is -4.57. The Kier molecular flexibility index (Phi) is 7.44. The fraction of sp³-hybridized carbons (Fsp3) is 0.179. The first-order valence-electron chi connectivity index (χ1n) is 11.2. The predicted octanol–water partition coefficient (Wildman–Crippen LogP) is 4.04. The van der Waals surface area contributed by atoms with Gasteiger partial charge in [0.25, 0.3) is 0 Å². The van der Waals surface area contributed by atoms with Gasteiger partial charge in [0, 0.05) is 18.2 Å². The van der Waals surface area contributed by atoms with Gasteiger partial charge in [0.2, 0.25) is 0 Å². The molecule has 0 fully saturated rings.